The number of carbonyl (C=O) groups is 2. The topological polar surface area (TPSA) is 83.1 Å². The first-order valence-electron chi connectivity index (χ1n) is 9.20. The second-order valence-corrected chi connectivity index (χ2v) is 7.19. The van der Waals surface area contributed by atoms with Crippen LogP contribution >= 0.6 is 11.3 Å². The van der Waals surface area contributed by atoms with Crippen LogP contribution in [0.1, 0.15) is 10.4 Å². The van der Waals surface area contributed by atoms with Gasteiger partial charge in [0, 0.05) is 23.0 Å². The number of urea groups is 1. The number of anilines is 3. The molecule has 30 heavy (non-hydrogen) atoms. The van der Waals surface area contributed by atoms with Crippen molar-refractivity contribution in [3.63, 3.8) is 0 Å². The molecule has 0 unspecified atom stereocenters. The number of amides is 3. The van der Waals surface area contributed by atoms with Gasteiger partial charge >= 0.3 is 6.03 Å². The van der Waals surface area contributed by atoms with E-state index in [9.17, 15) is 9.59 Å². The molecular formula is C23H18N4O2S. The molecule has 0 atom stereocenters. The molecular weight excluding hydrogens is 396 g/mol. The first kappa shape index (κ1) is 19.4. The average molecular weight is 414 g/mol. The second-order valence-electron chi connectivity index (χ2n) is 6.41. The minimum Gasteiger partial charge on any atom is -0.322 e. The van der Waals surface area contributed by atoms with Crippen LogP contribution in [0.5, 0.6) is 0 Å². The Kier molecular flexibility index (Phi) is 5.82. The molecule has 7 heteroatoms. The van der Waals surface area contributed by atoms with Gasteiger partial charge < -0.3 is 16.0 Å². The van der Waals surface area contributed by atoms with Gasteiger partial charge in [-0.1, -0.05) is 24.3 Å². The van der Waals surface area contributed by atoms with Crippen LogP contribution in [-0.4, -0.2) is 16.9 Å². The fourth-order valence-electron chi connectivity index (χ4n) is 2.91. The minimum atomic E-state index is -0.397. The third-order valence-electron chi connectivity index (χ3n) is 4.31. The van der Waals surface area contributed by atoms with Gasteiger partial charge in [0.05, 0.1) is 17.6 Å². The Morgan fingerprint density at radius 2 is 1.70 bits per heavy atom. The molecule has 0 saturated carbocycles. The number of aromatic nitrogens is 1. The van der Waals surface area contributed by atoms with Gasteiger partial charge in [-0.05, 0) is 58.8 Å². The van der Waals surface area contributed by atoms with Crippen LogP contribution in [0.15, 0.2) is 89.9 Å². The fourth-order valence-corrected chi connectivity index (χ4v) is 3.56. The molecule has 0 spiro atoms. The van der Waals surface area contributed by atoms with E-state index in [4.69, 9.17) is 0 Å². The summed E-state index contributed by atoms with van der Waals surface area (Å²) in [7, 11) is 0. The van der Waals surface area contributed by atoms with Gasteiger partial charge in [0.1, 0.15) is 0 Å². The van der Waals surface area contributed by atoms with Crippen molar-refractivity contribution in [1.29, 1.82) is 0 Å². The minimum absolute atomic E-state index is 0.218. The molecule has 0 aliphatic rings. The lowest BCUT2D eigenvalue weighted by Crippen LogP contribution is -2.20. The van der Waals surface area contributed by atoms with E-state index >= 15 is 0 Å². The van der Waals surface area contributed by atoms with Gasteiger partial charge in [0.2, 0.25) is 0 Å². The molecule has 0 aliphatic carbocycles. The monoisotopic (exact) mass is 414 g/mol. The quantitative estimate of drug-likeness (QED) is 0.391. The molecule has 148 valence electrons. The summed E-state index contributed by atoms with van der Waals surface area (Å²) in [5.41, 5.74) is 4.15. The molecule has 0 aliphatic heterocycles. The maximum Gasteiger partial charge on any atom is 0.323 e. The van der Waals surface area contributed by atoms with Crippen molar-refractivity contribution in [1.82, 2.24) is 4.98 Å². The van der Waals surface area contributed by atoms with Crippen LogP contribution < -0.4 is 16.0 Å². The SMILES string of the molecule is O=C(Nc1cccnc1)Nc1cc(NC(=O)c2ccccc2)ccc1-c1ccsc1. The highest BCUT2D eigenvalue weighted by atomic mass is 32.1. The van der Waals surface area contributed by atoms with Gasteiger partial charge in [0.25, 0.3) is 5.91 Å². The van der Waals surface area contributed by atoms with E-state index in [0.717, 1.165) is 11.1 Å². The number of nitrogens with one attached hydrogen (secondary N) is 3. The highest BCUT2D eigenvalue weighted by Crippen LogP contribution is 2.32. The lowest BCUT2D eigenvalue weighted by Gasteiger charge is -2.14. The van der Waals surface area contributed by atoms with E-state index in [1.165, 1.54) is 0 Å². The van der Waals surface area contributed by atoms with Gasteiger partial charge in [-0.3, -0.25) is 9.78 Å². The van der Waals surface area contributed by atoms with Crippen LogP contribution in [0.25, 0.3) is 11.1 Å². The summed E-state index contributed by atoms with van der Waals surface area (Å²) in [5, 5.41) is 12.5. The summed E-state index contributed by atoms with van der Waals surface area (Å²) in [6.45, 7) is 0. The largest absolute Gasteiger partial charge is 0.323 e. The zero-order valence-corrected chi connectivity index (χ0v) is 16.6. The molecule has 3 amide bonds. The number of nitrogens with zero attached hydrogens (tertiary/aromatic N) is 1. The van der Waals surface area contributed by atoms with Crippen molar-refractivity contribution in [2.24, 2.45) is 0 Å². The van der Waals surface area contributed by atoms with E-state index in [-0.39, 0.29) is 5.91 Å². The van der Waals surface area contributed by atoms with Crippen molar-refractivity contribution in [2.75, 3.05) is 16.0 Å². The number of hydrogen-bond acceptors (Lipinski definition) is 4. The summed E-state index contributed by atoms with van der Waals surface area (Å²) >= 11 is 1.57. The van der Waals surface area contributed by atoms with Gasteiger partial charge in [-0.2, -0.15) is 11.3 Å². The van der Waals surface area contributed by atoms with Gasteiger partial charge in [0.15, 0.2) is 0 Å². The molecule has 3 N–H and O–H groups in total. The van der Waals surface area contributed by atoms with Crippen LogP contribution in [0.2, 0.25) is 0 Å². The summed E-state index contributed by atoms with van der Waals surface area (Å²) < 4.78 is 0. The first-order valence-corrected chi connectivity index (χ1v) is 10.1. The Labute approximate surface area is 177 Å². The van der Waals surface area contributed by atoms with Crippen molar-refractivity contribution >= 4 is 40.3 Å². The van der Waals surface area contributed by atoms with Gasteiger partial charge in [-0.25, -0.2) is 4.79 Å². The zero-order valence-electron chi connectivity index (χ0n) is 15.8. The summed E-state index contributed by atoms with van der Waals surface area (Å²) in [5.74, 6) is -0.218. The third kappa shape index (κ3) is 4.71. The fraction of sp³-hybridized carbons (Fsp3) is 0. The summed E-state index contributed by atoms with van der Waals surface area (Å²) in [4.78, 5) is 29.0. The molecule has 0 saturated heterocycles. The van der Waals surface area contributed by atoms with Crippen molar-refractivity contribution < 1.29 is 9.59 Å². The maximum atomic E-state index is 12.5. The molecule has 6 nitrogen and oxygen atoms in total. The predicted molar refractivity (Wildman–Crippen MR) is 121 cm³/mol. The number of rotatable bonds is 5. The Morgan fingerprint density at radius 3 is 2.43 bits per heavy atom. The van der Waals surface area contributed by atoms with E-state index < -0.39 is 6.03 Å². The molecule has 4 aromatic rings. The van der Waals surface area contributed by atoms with E-state index in [0.29, 0.717) is 22.6 Å². The van der Waals surface area contributed by atoms with E-state index in [1.807, 2.05) is 47.2 Å². The van der Waals surface area contributed by atoms with E-state index in [2.05, 4.69) is 20.9 Å². The lowest BCUT2D eigenvalue weighted by atomic mass is 10.1. The molecule has 2 heterocycles. The molecule has 2 aromatic carbocycles. The van der Waals surface area contributed by atoms with Crippen LogP contribution in [0, 0.1) is 0 Å². The van der Waals surface area contributed by atoms with Crippen molar-refractivity contribution in [2.45, 2.75) is 0 Å². The van der Waals surface area contributed by atoms with Crippen LogP contribution in [0.3, 0.4) is 0 Å². The highest BCUT2D eigenvalue weighted by molar-refractivity contribution is 7.08. The molecule has 0 bridgehead atoms. The molecule has 4 rings (SSSR count). The lowest BCUT2D eigenvalue weighted by molar-refractivity contribution is 0.102. The number of thiophene rings is 1. The predicted octanol–water partition coefficient (Wildman–Crippen LogP) is 5.71. The normalized spacial score (nSPS) is 10.3. The van der Waals surface area contributed by atoms with Crippen molar-refractivity contribution in [3.05, 3.63) is 95.4 Å². The number of pyridine rings is 1. The second kappa shape index (κ2) is 9.02. The number of carbonyl (C=O) groups excluding carboxylic acids is 2. The smallest absolute Gasteiger partial charge is 0.322 e. The van der Waals surface area contributed by atoms with Crippen LogP contribution in [-0.2, 0) is 0 Å². The highest BCUT2D eigenvalue weighted by Gasteiger charge is 2.12. The van der Waals surface area contributed by atoms with Crippen molar-refractivity contribution in [3.8, 4) is 11.1 Å². The Balaban J connectivity index is 1.58. The molecule has 0 fully saturated rings. The zero-order chi connectivity index (χ0) is 20.8. The first-order chi connectivity index (χ1) is 14.7. The molecule has 2 aromatic heterocycles. The summed E-state index contributed by atoms with van der Waals surface area (Å²) in [6, 6.07) is 19.5. The average Bonchev–Trinajstić information content (AvgIpc) is 3.30. The summed E-state index contributed by atoms with van der Waals surface area (Å²) in [6.07, 6.45) is 3.20. The Morgan fingerprint density at radius 1 is 0.833 bits per heavy atom. The molecule has 0 radical (unpaired) electrons. The Hall–Kier alpha value is -3.97. The van der Waals surface area contributed by atoms with Crippen LogP contribution in [0.4, 0.5) is 21.9 Å². The van der Waals surface area contributed by atoms with Gasteiger partial charge in [-0.15, -0.1) is 0 Å². The Bertz CT molecular complexity index is 1150. The standard InChI is InChI=1S/C23H18N4O2S/c28-22(16-5-2-1-3-6-16)25-18-8-9-20(17-10-12-30-15-17)21(13-18)27-23(29)26-19-7-4-11-24-14-19/h1-15H,(H,25,28)(H2,26,27,29). The third-order valence-corrected chi connectivity index (χ3v) is 5.00. The number of hydrogen-bond donors (Lipinski definition) is 3. The number of benzene rings is 2. The van der Waals surface area contributed by atoms with E-state index in [1.54, 1.807) is 54.1 Å². The maximum absolute atomic E-state index is 12.5.